The van der Waals surface area contributed by atoms with Crippen molar-refractivity contribution in [1.82, 2.24) is 4.37 Å². The van der Waals surface area contributed by atoms with Crippen molar-refractivity contribution >= 4 is 17.3 Å². The van der Waals surface area contributed by atoms with Crippen LogP contribution in [0.5, 0.6) is 0 Å². The summed E-state index contributed by atoms with van der Waals surface area (Å²) in [6.45, 7) is 2.10. The van der Waals surface area contributed by atoms with E-state index in [1.54, 1.807) is 12.3 Å². The lowest BCUT2D eigenvalue weighted by Crippen LogP contribution is -1.98. The maximum Gasteiger partial charge on any atom is 0.204 e. The zero-order valence-electron chi connectivity index (χ0n) is 8.43. The van der Waals surface area contributed by atoms with Gasteiger partial charge in [0.1, 0.15) is 0 Å². The summed E-state index contributed by atoms with van der Waals surface area (Å²) in [5, 5.41) is 0. The summed E-state index contributed by atoms with van der Waals surface area (Å²) >= 11 is 1.24. The molecule has 15 heavy (non-hydrogen) atoms. The fourth-order valence-electron chi connectivity index (χ4n) is 1.37. The van der Waals surface area contributed by atoms with E-state index in [4.69, 9.17) is 0 Å². The Kier molecular flexibility index (Phi) is 2.92. The summed E-state index contributed by atoms with van der Waals surface area (Å²) in [7, 11) is 0. The molecule has 0 bridgehead atoms. The molecule has 0 atom stereocenters. The van der Waals surface area contributed by atoms with Crippen molar-refractivity contribution in [2.24, 2.45) is 0 Å². The van der Waals surface area contributed by atoms with Gasteiger partial charge in [0.05, 0.1) is 4.88 Å². The largest absolute Gasteiger partial charge is 0.288 e. The van der Waals surface area contributed by atoms with E-state index in [1.165, 1.54) is 17.1 Å². The summed E-state index contributed by atoms with van der Waals surface area (Å²) < 4.78 is 3.92. The number of aryl methyl sites for hydroxylation is 1. The lowest BCUT2D eigenvalue weighted by atomic mass is 10.1. The van der Waals surface area contributed by atoms with Gasteiger partial charge in [-0.3, -0.25) is 4.79 Å². The summed E-state index contributed by atoms with van der Waals surface area (Å²) in [5.41, 5.74) is 1.98. The fraction of sp³-hybridized carbons (Fsp3) is 0.167. The predicted molar refractivity (Wildman–Crippen MR) is 61.4 cm³/mol. The van der Waals surface area contributed by atoms with Gasteiger partial charge in [-0.25, -0.2) is 4.37 Å². The molecule has 1 aromatic carbocycles. The monoisotopic (exact) mass is 217 g/mol. The standard InChI is InChI=1S/C12H11NOS/c1-2-9-3-5-10(6-4-9)12(14)11-7-8-13-15-11/h3-8H,2H2,1H3. The molecule has 2 aromatic rings. The highest BCUT2D eigenvalue weighted by atomic mass is 32.1. The van der Waals surface area contributed by atoms with Crippen LogP contribution in [0, 0.1) is 0 Å². The third kappa shape index (κ3) is 2.13. The average molecular weight is 217 g/mol. The van der Waals surface area contributed by atoms with Crippen LogP contribution in [-0.4, -0.2) is 10.2 Å². The third-order valence-electron chi connectivity index (χ3n) is 2.29. The van der Waals surface area contributed by atoms with Crippen LogP contribution in [0.15, 0.2) is 36.5 Å². The number of aromatic nitrogens is 1. The lowest BCUT2D eigenvalue weighted by molar-refractivity contribution is 0.104. The van der Waals surface area contributed by atoms with Crippen molar-refractivity contribution in [3.05, 3.63) is 52.5 Å². The van der Waals surface area contributed by atoms with Gasteiger partial charge in [-0.05, 0) is 29.6 Å². The molecule has 3 heteroatoms. The van der Waals surface area contributed by atoms with Gasteiger partial charge in [-0.2, -0.15) is 0 Å². The maximum atomic E-state index is 11.9. The first-order valence-electron chi connectivity index (χ1n) is 4.85. The molecule has 0 radical (unpaired) electrons. The van der Waals surface area contributed by atoms with Gasteiger partial charge in [0, 0.05) is 11.8 Å². The van der Waals surface area contributed by atoms with Crippen LogP contribution >= 0.6 is 11.5 Å². The Morgan fingerprint density at radius 2 is 2.00 bits per heavy atom. The molecule has 0 amide bonds. The van der Waals surface area contributed by atoms with Gasteiger partial charge in [-0.15, -0.1) is 0 Å². The summed E-state index contributed by atoms with van der Waals surface area (Å²) in [4.78, 5) is 12.6. The smallest absolute Gasteiger partial charge is 0.204 e. The van der Waals surface area contributed by atoms with Gasteiger partial charge in [-0.1, -0.05) is 31.2 Å². The number of benzene rings is 1. The number of ketones is 1. The summed E-state index contributed by atoms with van der Waals surface area (Å²) in [6.07, 6.45) is 2.65. The number of rotatable bonds is 3. The topological polar surface area (TPSA) is 30.0 Å². The molecule has 0 spiro atoms. The highest BCUT2D eigenvalue weighted by Crippen LogP contribution is 2.13. The van der Waals surface area contributed by atoms with Crippen LogP contribution in [0.4, 0.5) is 0 Å². The molecule has 0 unspecified atom stereocenters. The number of nitrogens with zero attached hydrogens (tertiary/aromatic N) is 1. The molecule has 1 heterocycles. The molecule has 0 saturated carbocycles. The number of carbonyl (C=O) groups is 1. The minimum atomic E-state index is 0.0557. The van der Waals surface area contributed by atoms with Gasteiger partial charge in [0.2, 0.25) is 5.78 Å². The van der Waals surface area contributed by atoms with E-state index in [0.29, 0.717) is 4.88 Å². The molecule has 0 aliphatic carbocycles. The Morgan fingerprint density at radius 3 is 2.53 bits per heavy atom. The second-order valence-corrected chi connectivity index (χ2v) is 4.09. The van der Waals surface area contributed by atoms with E-state index >= 15 is 0 Å². The Bertz CT molecular complexity index is 445. The van der Waals surface area contributed by atoms with E-state index in [2.05, 4.69) is 11.3 Å². The highest BCUT2D eigenvalue weighted by Gasteiger charge is 2.09. The molecular weight excluding hydrogens is 206 g/mol. The zero-order valence-corrected chi connectivity index (χ0v) is 9.25. The van der Waals surface area contributed by atoms with E-state index in [1.807, 2.05) is 24.3 Å². The van der Waals surface area contributed by atoms with E-state index in [9.17, 15) is 4.79 Å². The molecule has 0 N–H and O–H groups in total. The van der Waals surface area contributed by atoms with Crippen LogP contribution in [0.25, 0.3) is 0 Å². The van der Waals surface area contributed by atoms with Crippen molar-refractivity contribution in [1.29, 1.82) is 0 Å². The van der Waals surface area contributed by atoms with Crippen LogP contribution < -0.4 is 0 Å². The molecule has 2 rings (SSSR count). The van der Waals surface area contributed by atoms with Crippen LogP contribution in [0.3, 0.4) is 0 Å². The summed E-state index contributed by atoms with van der Waals surface area (Å²) in [5.74, 6) is 0.0557. The second-order valence-electron chi connectivity index (χ2n) is 3.26. The van der Waals surface area contributed by atoms with Crippen molar-refractivity contribution in [2.45, 2.75) is 13.3 Å². The SMILES string of the molecule is CCc1ccc(C(=O)c2ccns2)cc1. The molecule has 0 saturated heterocycles. The van der Waals surface area contributed by atoms with Crippen LogP contribution in [-0.2, 0) is 6.42 Å². The quantitative estimate of drug-likeness (QED) is 0.740. The summed E-state index contributed by atoms with van der Waals surface area (Å²) in [6, 6.07) is 9.49. The molecule has 0 fully saturated rings. The first kappa shape index (κ1) is 10.1. The first-order valence-corrected chi connectivity index (χ1v) is 5.63. The van der Waals surface area contributed by atoms with Crippen molar-refractivity contribution in [2.75, 3.05) is 0 Å². The van der Waals surface area contributed by atoms with Crippen molar-refractivity contribution in [3.63, 3.8) is 0 Å². The van der Waals surface area contributed by atoms with E-state index in [-0.39, 0.29) is 5.78 Å². The van der Waals surface area contributed by atoms with Gasteiger partial charge < -0.3 is 0 Å². The van der Waals surface area contributed by atoms with Gasteiger partial charge in [0.25, 0.3) is 0 Å². The van der Waals surface area contributed by atoms with Crippen molar-refractivity contribution < 1.29 is 4.79 Å². The maximum absolute atomic E-state index is 11.9. The number of carbonyl (C=O) groups excluding carboxylic acids is 1. The molecule has 2 nitrogen and oxygen atoms in total. The number of hydrogen-bond donors (Lipinski definition) is 0. The Hall–Kier alpha value is -1.48. The lowest BCUT2D eigenvalue weighted by Gasteiger charge is -1.99. The Labute approximate surface area is 92.7 Å². The number of hydrogen-bond acceptors (Lipinski definition) is 3. The van der Waals surface area contributed by atoms with Gasteiger partial charge in [0.15, 0.2) is 0 Å². The Balaban J connectivity index is 2.27. The minimum Gasteiger partial charge on any atom is -0.288 e. The minimum absolute atomic E-state index is 0.0557. The van der Waals surface area contributed by atoms with Crippen LogP contribution in [0.1, 0.15) is 27.7 Å². The highest BCUT2D eigenvalue weighted by molar-refractivity contribution is 7.08. The first-order chi connectivity index (χ1) is 7.31. The Morgan fingerprint density at radius 1 is 1.27 bits per heavy atom. The predicted octanol–water partition coefficient (Wildman–Crippen LogP) is 2.94. The fourth-order valence-corrected chi connectivity index (χ4v) is 1.92. The molecule has 0 aliphatic heterocycles. The second kappa shape index (κ2) is 4.36. The van der Waals surface area contributed by atoms with Crippen molar-refractivity contribution in [3.8, 4) is 0 Å². The van der Waals surface area contributed by atoms with E-state index < -0.39 is 0 Å². The van der Waals surface area contributed by atoms with E-state index in [0.717, 1.165) is 12.0 Å². The molecule has 1 aromatic heterocycles. The average Bonchev–Trinajstić information content (AvgIpc) is 2.82. The molecular formula is C12H11NOS. The molecule has 76 valence electrons. The zero-order chi connectivity index (χ0) is 10.7. The normalized spacial score (nSPS) is 10.2. The third-order valence-corrected chi connectivity index (χ3v) is 3.03. The van der Waals surface area contributed by atoms with Gasteiger partial charge >= 0.3 is 0 Å². The van der Waals surface area contributed by atoms with Crippen LogP contribution in [0.2, 0.25) is 0 Å². The molecule has 0 aliphatic rings.